The molecule has 0 bridgehead atoms. The molecule has 1 fully saturated rings. The van der Waals surface area contributed by atoms with Gasteiger partial charge in [0.05, 0.1) is 0 Å². The number of unbranched alkanes of at least 4 members (excludes halogenated alkanes) is 1. The van der Waals surface area contributed by atoms with Gasteiger partial charge in [0.1, 0.15) is 0 Å². The maximum Gasteiger partial charge on any atom is 0.0107 e. The molecule has 0 aliphatic carbocycles. The minimum Gasteiger partial charge on any atom is -0.315 e. The topological polar surface area (TPSA) is 15.3 Å². The van der Waals surface area contributed by atoms with Crippen LogP contribution in [0.5, 0.6) is 0 Å². The Balaban J connectivity index is 2.22. The van der Waals surface area contributed by atoms with Crippen LogP contribution in [-0.2, 0) is 0 Å². The molecule has 1 saturated heterocycles. The molecule has 1 heterocycles. The Kier molecular flexibility index (Phi) is 7.03. The molecule has 0 saturated carbocycles. The summed E-state index contributed by atoms with van der Waals surface area (Å²) in [6.45, 7) is 10.9. The fourth-order valence-corrected chi connectivity index (χ4v) is 2.37. The fraction of sp³-hybridized carbons (Fsp3) is 1.00. The van der Waals surface area contributed by atoms with Gasteiger partial charge in [0.2, 0.25) is 0 Å². The minimum atomic E-state index is 0.933. The van der Waals surface area contributed by atoms with Crippen molar-refractivity contribution in [1.82, 2.24) is 10.2 Å². The third-order valence-corrected chi connectivity index (χ3v) is 3.49. The zero-order chi connectivity index (χ0) is 10.9. The van der Waals surface area contributed by atoms with Gasteiger partial charge in [-0.15, -0.1) is 0 Å². The summed E-state index contributed by atoms with van der Waals surface area (Å²) in [4.78, 5) is 2.66. The average molecular weight is 212 g/mol. The molecule has 1 atom stereocenters. The van der Waals surface area contributed by atoms with E-state index in [-0.39, 0.29) is 0 Å². The van der Waals surface area contributed by atoms with Gasteiger partial charge in [0.15, 0.2) is 0 Å². The largest absolute Gasteiger partial charge is 0.315 e. The number of nitrogens with one attached hydrogen (secondary N) is 1. The van der Waals surface area contributed by atoms with E-state index in [0.717, 1.165) is 5.92 Å². The van der Waals surface area contributed by atoms with Gasteiger partial charge >= 0.3 is 0 Å². The maximum absolute atomic E-state index is 3.47. The third-order valence-electron chi connectivity index (χ3n) is 3.49. The first-order chi connectivity index (χ1) is 7.36. The summed E-state index contributed by atoms with van der Waals surface area (Å²) >= 11 is 0. The Morgan fingerprint density at radius 2 is 2.07 bits per heavy atom. The van der Waals surface area contributed by atoms with Crippen LogP contribution in [0.2, 0.25) is 0 Å². The number of hydrogen-bond donors (Lipinski definition) is 1. The third kappa shape index (κ3) is 5.53. The van der Waals surface area contributed by atoms with Crippen molar-refractivity contribution in [3.63, 3.8) is 0 Å². The van der Waals surface area contributed by atoms with E-state index < -0.39 is 0 Å². The van der Waals surface area contributed by atoms with E-state index in [2.05, 4.69) is 24.1 Å². The molecule has 15 heavy (non-hydrogen) atoms. The number of nitrogens with zero attached hydrogens (tertiary/aromatic N) is 1. The first-order valence-corrected chi connectivity index (χ1v) is 6.79. The molecule has 2 nitrogen and oxygen atoms in total. The molecule has 0 aromatic carbocycles. The van der Waals surface area contributed by atoms with E-state index in [1.807, 2.05) is 0 Å². The second-order valence-corrected chi connectivity index (χ2v) is 4.82. The Labute approximate surface area is 95.4 Å². The molecular formula is C13H28N2. The molecule has 1 rings (SSSR count). The van der Waals surface area contributed by atoms with E-state index in [4.69, 9.17) is 0 Å². The van der Waals surface area contributed by atoms with Crippen molar-refractivity contribution in [2.24, 2.45) is 5.92 Å². The van der Waals surface area contributed by atoms with Gasteiger partial charge in [0, 0.05) is 19.6 Å². The molecule has 2 heteroatoms. The van der Waals surface area contributed by atoms with Crippen LogP contribution in [0.1, 0.15) is 46.0 Å². The van der Waals surface area contributed by atoms with Crippen molar-refractivity contribution in [2.75, 3.05) is 32.7 Å². The highest BCUT2D eigenvalue weighted by molar-refractivity contribution is 4.69. The van der Waals surface area contributed by atoms with Crippen LogP contribution in [0.4, 0.5) is 0 Å². The SMILES string of the molecule is CCCCC(CC)CN1CCCNCC1. The van der Waals surface area contributed by atoms with Crippen LogP contribution in [0.3, 0.4) is 0 Å². The van der Waals surface area contributed by atoms with Crippen molar-refractivity contribution < 1.29 is 0 Å². The molecule has 0 spiro atoms. The predicted molar refractivity (Wildman–Crippen MR) is 67.2 cm³/mol. The van der Waals surface area contributed by atoms with Gasteiger partial charge in [-0.05, 0) is 31.8 Å². The summed E-state index contributed by atoms with van der Waals surface area (Å²) in [6, 6.07) is 0. The van der Waals surface area contributed by atoms with Crippen LogP contribution in [-0.4, -0.2) is 37.6 Å². The zero-order valence-corrected chi connectivity index (χ0v) is 10.6. The van der Waals surface area contributed by atoms with E-state index in [1.54, 1.807) is 0 Å². The number of hydrogen-bond acceptors (Lipinski definition) is 2. The molecular weight excluding hydrogens is 184 g/mol. The van der Waals surface area contributed by atoms with Crippen LogP contribution in [0, 0.1) is 5.92 Å². The summed E-state index contributed by atoms with van der Waals surface area (Å²) in [5.41, 5.74) is 0. The van der Waals surface area contributed by atoms with Gasteiger partial charge in [-0.2, -0.15) is 0 Å². The molecule has 90 valence electrons. The predicted octanol–water partition coefficient (Wildman–Crippen LogP) is 2.50. The summed E-state index contributed by atoms with van der Waals surface area (Å²) < 4.78 is 0. The Morgan fingerprint density at radius 3 is 2.80 bits per heavy atom. The first-order valence-electron chi connectivity index (χ1n) is 6.79. The van der Waals surface area contributed by atoms with Gasteiger partial charge < -0.3 is 10.2 Å². The maximum atomic E-state index is 3.47. The second kappa shape index (κ2) is 8.12. The van der Waals surface area contributed by atoms with Crippen molar-refractivity contribution in [3.8, 4) is 0 Å². The van der Waals surface area contributed by atoms with E-state index in [0.29, 0.717) is 0 Å². The van der Waals surface area contributed by atoms with Crippen molar-refractivity contribution in [1.29, 1.82) is 0 Å². The molecule has 1 N–H and O–H groups in total. The van der Waals surface area contributed by atoms with Gasteiger partial charge in [-0.1, -0.05) is 33.1 Å². The molecule has 1 unspecified atom stereocenters. The molecule has 0 aromatic heterocycles. The Bertz CT molecular complexity index is 139. The zero-order valence-electron chi connectivity index (χ0n) is 10.6. The van der Waals surface area contributed by atoms with Gasteiger partial charge in [0.25, 0.3) is 0 Å². The van der Waals surface area contributed by atoms with Crippen LogP contribution < -0.4 is 5.32 Å². The summed E-state index contributed by atoms with van der Waals surface area (Å²) in [5.74, 6) is 0.933. The Hall–Kier alpha value is -0.0800. The highest BCUT2D eigenvalue weighted by Crippen LogP contribution is 2.14. The lowest BCUT2D eigenvalue weighted by atomic mass is 9.98. The lowest BCUT2D eigenvalue weighted by Crippen LogP contribution is -2.32. The average Bonchev–Trinajstić information content (AvgIpc) is 2.52. The summed E-state index contributed by atoms with van der Waals surface area (Å²) in [7, 11) is 0. The quantitative estimate of drug-likeness (QED) is 0.728. The first kappa shape index (κ1) is 13.0. The van der Waals surface area contributed by atoms with Crippen molar-refractivity contribution >= 4 is 0 Å². The van der Waals surface area contributed by atoms with Crippen LogP contribution in [0.25, 0.3) is 0 Å². The molecule has 1 aliphatic heterocycles. The van der Waals surface area contributed by atoms with E-state index >= 15 is 0 Å². The Morgan fingerprint density at radius 1 is 1.20 bits per heavy atom. The highest BCUT2D eigenvalue weighted by Gasteiger charge is 2.13. The highest BCUT2D eigenvalue weighted by atomic mass is 15.1. The lowest BCUT2D eigenvalue weighted by Gasteiger charge is -2.25. The molecule has 0 amide bonds. The van der Waals surface area contributed by atoms with E-state index in [9.17, 15) is 0 Å². The standard InChI is InChI=1S/C13H28N2/c1-3-5-7-13(4-2)12-15-10-6-8-14-9-11-15/h13-14H,3-12H2,1-2H3. The lowest BCUT2D eigenvalue weighted by molar-refractivity contribution is 0.231. The van der Waals surface area contributed by atoms with Gasteiger partial charge in [-0.25, -0.2) is 0 Å². The van der Waals surface area contributed by atoms with Crippen LogP contribution in [0.15, 0.2) is 0 Å². The monoisotopic (exact) mass is 212 g/mol. The molecule has 0 radical (unpaired) electrons. The van der Waals surface area contributed by atoms with Crippen LogP contribution >= 0.6 is 0 Å². The molecule has 1 aliphatic rings. The van der Waals surface area contributed by atoms with Crippen molar-refractivity contribution in [3.05, 3.63) is 0 Å². The van der Waals surface area contributed by atoms with E-state index in [1.165, 1.54) is 64.8 Å². The number of rotatable bonds is 6. The normalized spacial score (nSPS) is 21.2. The smallest absolute Gasteiger partial charge is 0.0107 e. The molecule has 0 aromatic rings. The fourth-order valence-electron chi connectivity index (χ4n) is 2.37. The second-order valence-electron chi connectivity index (χ2n) is 4.82. The summed E-state index contributed by atoms with van der Waals surface area (Å²) in [5, 5.41) is 3.47. The minimum absolute atomic E-state index is 0.933. The summed E-state index contributed by atoms with van der Waals surface area (Å²) in [6.07, 6.45) is 6.85. The van der Waals surface area contributed by atoms with Crippen molar-refractivity contribution in [2.45, 2.75) is 46.0 Å². The van der Waals surface area contributed by atoms with Gasteiger partial charge in [-0.3, -0.25) is 0 Å².